The third-order valence-electron chi connectivity index (χ3n) is 5.70. The molecule has 0 saturated carbocycles. The summed E-state index contributed by atoms with van der Waals surface area (Å²) in [5.74, 6) is 0. The second kappa shape index (κ2) is 13.2. The quantitative estimate of drug-likeness (QED) is 0.321. The number of nitrogens with two attached hydrogens (primary N) is 1. The minimum Gasteiger partial charge on any atom is -0.351 e. The maximum Gasteiger partial charge on any atom is 0.319 e. The Kier molecular flexibility index (Phi) is 10.1. The first-order chi connectivity index (χ1) is 16.0. The molecule has 0 unspecified atom stereocenters. The van der Waals surface area contributed by atoms with E-state index in [1.54, 1.807) is 4.90 Å². The molecule has 174 valence electrons. The lowest BCUT2D eigenvalue weighted by Crippen LogP contribution is -2.38. The van der Waals surface area contributed by atoms with Crippen LogP contribution in [0.3, 0.4) is 0 Å². The molecular formula is C27H31Cl2N3O. The van der Waals surface area contributed by atoms with Crippen LogP contribution in [0.1, 0.15) is 24.0 Å². The Bertz CT molecular complexity index is 996. The van der Waals surface area contributed by atoms with Gasteiger partial charge in [0.15, 0.2) is 0 Å². The minimum atomic E-state index is -0.423. The number of anilines is 1. The van der Waals surface area contributed by atoms with Crippen LogP contribution in [-0.2, 0) is 12.8 Å². The van der Waals surface area contributed by atoms with Gasteiger partial charge >= 0.3 is 6.03 Å². The van der Waals surface area contributed by atoms with Crippen molar-refractivity contribution in [2.75, 3.05) is 31.1 Å². The summed E-state index contributed by atoms with van der Waals surface area (Å²) in [5.41, 5.74) is 8.92. The second-order valence-corrected chi connectivity index (χ2v) is 8.94. The summed E-state index contributed by atoms with van der Waals surface area (Å²) in [6.45, 7) is 3.36. The van der Waals surface area contributed by atoms with Crippen LogP contribution in [0.5, 0.6) is 0 Å². The topological polar surface area (TPSA) is 49.6 Å². The number of amides is 2. The van der Waals surface area contributed by atoms with Gasteiger partial charge in [0.05, 0.1) is 0 Å². The van der Waals surface area contributed by atoms with Gasteiger partial charge in [0.1, 0.15) is 0 Å². The fraction of sp³-hybridized carbons (Fsp3) is 0.296. The molecule has 3 aromatic carbocycles. The van der Waals surface area contributed by atoms with Crippen LogP contribution in [0, 0.1) is 0 Å². The van der Waals surface area contributed by atoms with Gasteiger partial charge in [0.25, 0.3) is 0 Å². The summed E-state index contributed by atoms with van der Waals surface area (Å²) in [4.78, 5) is 16.1. The van der Waals surface area contributed by atoms with Crippen LogP contribution in [0.2, 0.25) is 10.0 Å². The Morgan fingerprint density at radius 1 is 0.727 bits per heavy atom. The van der Waals surface area contributed by atoms with E-state index in [0.29, 0.717) is 6.54 Å². The number of carbonyl (C=O) groups is 1. The monoisotopic (exact) mass is 483 g/mol. The smallest absolute Gasteiger partial charge is 0.319 e. The Hall–Kier alpha value is -2.53. The van der Waals surface area contributed by atoms with E-state index >= 15 is 0 Å². The first-order valence-corrected chi connectivity index (χ1v) is 12.1. The highest BCUT2D eigenvalue weighted by Gasteiger charge is 2.13. The van der Waals surface area contributed by atoms with Gasteiger partial charge < -0.3 is 10.6 Å². The zero-order valence-corrected chi connectivity index (χ0v) is 20.3. The number of para-hydroxylation sites is 1. The Balaban J connectivity index is 1.56. The highest BCUT2D eigenvalue weighted by Crippen LogP contribution is 2.18. The van der Waals surface area contributed by atoms with E-state index in [2.05, 4.69) is 23.1 Å². The Labute approximate surface area is 206 Å². The minimum absolute atomic E-state index is 0.423. The summed E-state index contributed by atoms with van der Waals surface area (Å²) < 4.78 is 0. The van der Waals surface area contributed by atoms with Crippen LogP contribution in [-0.4, -0.2) is 37.1 Å². The predicted octanol–water partition coefficient (Wildman–Crippen LogP) is 6.45. The molecule has 3 rings (SSSR count). The normalized spacial score (nSPS) is 11.0. The number of rotatable bonds is 12. The molecule has 0 radical (unpaired) electrons. The maximum atomic E-state index is 12.0. The summed E-state index contributed by atoms with van der Waals surface area (Å²) >= 11 is 12.4. The Morgan fingerprint density at radius 2 is 1.39 bits per heavy atom. The van der Waals surface area contributed by atoms with Gasteiger partial charge in [0, 0.05) is 28.8 Å². The third kappa shape index (κ3) is 8.39. The fourth-order valence-electron chi connectivity index (χ4n) is 3.89. The van der Waals surface area contributed by atoms with Crippen LogP contribution in [0.25, 0.3) is 0 Å². The SMILES string of the molecule is NC(=O)N(CCCN(CCCc1ccccc1Cl)CCc1ccc(Cl)cc1)c1ccccc1. The average Bonchev–Trinajstić information content (AvgIpc) is 2.82. The van der Waals surface area contributed by atoms with Crippen molar-refractivity contribution in [3.63, 3.8) is 0 Å². The number of aryl methyl sites for hydroxylation is 1. The van der Waals surface area contributed by atoms with Gasteiger partial charge in [0.2, 0.25) is 0 Å². The molecule has 0 heterocycles. The fourth-order valence-corrected chi connectivity index (χ4v) is 4.25. The van der Waals surface area contributed by atoms with E-state index in [9.17, 15) is 4.79 Å². The van der Waals surface area contributed by atoms with Crippen molar-refractivity contribution in [2.24, 2.45) is 5.73 Å². The molecule has 0 spiro atoms. The molecule has 0 aliphatic heterocycles. The number of carbonyl (C=O) groups excluding carboxylic acids is 1. The Morgan fingerprint density at radius 3 is 2.09 bits per heavy atom. The highest BCUT2D eigenvalue weighted by atomic mass is 35.5. The van der Waals surface area contributed by atoms with E-state index in [1.165, 1.54) is 11.1 Å². The molecule has 0 saturated heterocycles. The molecule has 0 atom stereocenters. The van der Waals surface area contributed by atoms with Crippen molar-refractivity contribution < 1.29 is 4.79 Å². The third-order valence-corrected chi connectivity index (χ3v) is 6.32. The second-order valence-electron chi connectivity index (χ2n) is 8.09. The van der Waals surface area contributed by atoms with Crippen molar-refractivity contribution in [1.29, 1.82) is 0 Å². The largest absolute Gasteiger partial charge is 0.351 e. The van der Waals surface area contributed by atoms with E-state index in [-0.39, 0.29) is 0 Å². The lowest BCUT2D eigenvalue weighted by atomic mass is 10.1. The number of hydrogen-bond donors (Lipinski definition) is 1. The molecule has 4 nitrogen and oxygen atoms in total. The molecule has 6 heteroatoms. The molecule has 2 N–H and O–H groups in total. The molecule has 0 aliphatic carbocycles. The molecule has 0 bridgehead atoms. The van der Waals surface area contributed by atoms with Crippen molar-refractivity contribution >= 4 is 34.9 Å². The summed E-state index contributed by atoms with van der Waals surface area (Å²) in [6.07, 6.45) is 3.74. The van der Waals surface area contributed by atoms with Gasteiger partial charge in [-0.1, -0.05) is 71.7 Å². The zero-order chi connectivity index (χ0) is 23.5. The number of nitrogens with zero attached hydrogens (tertiary/aromatic N) is 2. The summed E-state index contributed by atoms with van der Waals surface area (Å²) in [7, 11) is 0. The molecule has 2 amide bonds. The lowest BCUT2D eigenvalue weighted by molar-refractivity contribution is 0.251. The summed E-state index contributed by atoms with van der Waals surface area (Å²) in [6, 6.07) is 25.2. The number of hydrogen-bond acceptors (Lipinski definition) is 2. The van der Waals surface area contributed by atoms with Gasteiger partial charge in [-0.05, 0) is 80.2 Å². The molecule has 33 heavy (non-hydrogen) atoms. The lowest BCUT2D eigenvalue weighted by Gasteiger charge is -2.25. The van der Waals surface area contributed by atoms with Crippen LogP contribution in [0.4, 0.5) is 10.5 Å². The first-order valence-electron chi connectivity index (χ1n) is 11.3. The molecular weight excluding hydrogens is 453 g/mol. The van der Waals surface area contributed by atoms with Crippen LogP contribution in [0.15, 0.2) is 78.9 Å². The number of halogens is 2. The molecule has 0 aromatic heterocycles. The summed E-state index contributed by atoms with van der Waals surface area (Å²) in [5, 5.41) is 1.58. The van der Waals surface area contributed by atoms with E-state index in [0.717, 1.165) is 61.1 Å². The molecule has 0 fully saturated rings. The maximum absolute atomic E-state index is 12.0. The van der Waals surface area contributed by atoms with Gasteiger partial charge in [-0.25, -0.2) is 4.79 Å². The molecule has 0 aliphatic rings. The average molecular weight is 484 g/mol. The van der Waals surface area contributed by atoms with E-state index in [1.807, 2.05) is 60.7 Å². The zero-order valence-electron chi connectivity index (χ0n) is 18.8. The van der Waals surface area contributed by atoms with Gasteiger partial charge in [-0.3, -0.25) is 4.90 Å². The van der Waals surface area contributed by atoms with Gasteiger partial charge in [-0.2, -0.15) is 0 Å². The van der Waals surface area contributed by atoms with Gasteiger partial charge in [-0.15, -0.1) is 0 Å². The van der Waals surface area contributed by atoms with E-state index in [4.69, 9.17) is 28.9 Å². The van der Waals surface area contributed by atoms with Crippen molar-refractivity contribution in [1.82, 2.24) is 4.90 Å². The van der Waals surface area contributed by atoms with Crippen LogP contribution < -0.4 is 10.6 Å². The van der Waals surface area contributed by atoms with E-state index < -0.39 is 6.03 Å². The van der Waals surface area contributed by atoms with Crippen molar-refractivity contribution in [2.45, 2.75) is 25.7 Å². The molecule has 3 aromatic rings. The van der Waals surface area contributed by atoms with Crippen LogP contribution >= 0.6 is 23.2 Å². The first kappa shape index (κ1) is 25.1. The standard InChI is InChI=1S/C27H31Cl2N3O/c28-24-15-13-22(14-16-24)17-21-31(18-6-9-23-8-4-5-12-26(23)29)19-7-20-32(27(30)33)25-10-2-1-3-11-25/h1-5,8,10-16H,6-7,9,17-21H2,(H2,30,33). The number of benzene rings is 3. The van der Waals surface area contributed by atoms with Crippen molar-refractivity contribution in [3.05, 3.63) is 100 Å². The highest BCUT2D eigenvalue weighted by molar-refractivity contribution is 6.31. The number of primary amides is 1. The predicted molar refractivity (Wildman–Crippen MR) is 139 cm³/mol. The van der Waals surface area contributed by atoms with Crippen molar-refractivity contribution in [3.8, 4) is 0 Å². The number of urea groups is 1.